The van der Waals surface area contributed by atoms with Crippen molar-refractivity contribution in [3.63, 3.8) is 0 Å². The third-order valence-electron chi connectivity index (χ3n) is 5.65. The number of methoxy groups -OCH3 is 1. The van der Waals surface area contributed by atoms with Gasteiger partial charge in [-0.25, -0.2) is 4.98 Å². The van der Waals surface area contributed by atoms with Gasteiger partial charge >= 0.3 is 0 Å². The lowest BCUT2D eigenvalue weighted by Gasteiger charge is -2.35. The number of aromatic nitrogens is 1. The van der Waals surface area contributed by atoms with Crippen molar-refractivity contribution in [3.05, 3.63) is 54.2 Å². The standard InChI is InChI=1S/C22H26N4O3/c1-29-19-7-3-2-6-16(19)15-24-21(27)17-14-18(17)22(28)26-12-10-25(11-13-26)20-8-4-5-9-23-20/h2-9,17-18H,10-15H2,1H3,(H,24,27). The van der Waals surface area contributed by atoms with Crippen molar-refractivity contribution >= 4 is 17.6 Å². The second-order valence-corrected chi connectivity index (χ2v) is 7.48. The molecule has 2 aliphatic rings. The normalized spacial score (nSPS) is 20.9. The van der Waals surface area contributed by atoms with Gasteiger partial charge in [-0.05, 0) is 24.6 Å². The van der Waals surface area contributed by atoms with Gasteiger partial charge < -0.3 is 19.9 Å². The maximum Gasteiger partial charge on any atom is 0.226 e. The van der Waals surface area contributed by atoms with Crippen LogP contribution in [0.5, 0.6) is 5.75 Å². The smallest absolute Gasteiger partial charge is 0.226 e. The second kappa shape index (κ2) is 8.51. The van der Waals surface area contributed by atoms with Crippen LogP contribution in [0.2, 0.25) is 0 Å². The van der Waals surface area contributed by atoms with E-state index in [1.165, 1.54) is 0 Å². The number of nitrogens with zero attached hydrogens (tertiary/aromatic N) is 3. The molecular formula is C22H26N4O3. The van der Waals surface area contributed by atoms with Gasteiger partial charge in [0.1, 0.15) is 11.6 Å². The number of para-hydroxylation sites is 1. The number of carbonyl (C=O) groups is 2. The fourth-order valence-electron chi connectivity index (χ4n) is 3.85. The predicted octanol–water partition coefficient (Wildman–Crippen LogP) is 1.69. The van der Waals surface area contributed by atoms with Gasteiger partial charge in [0.05, 0.1) is 18.9 Å². The van der Waals surface area contributed by atoms with Gasteiger partial charge in [-0.1, -0.05) is 24.3 Å². The molecule has 2 fully saturated rings. The van der Waals surface area contributed by atoms with Crippen LogP contribution in [0.4, 0.5) is 5.82 Å². The molecule has 1 N–H and O–H groups in total. The summed E-state index contributed by atoms with van der Waals surface area (Å²) in [6.45, 7) is 3.27. The third kappa shape index (κ3) is 4.34. The molecule has 1 aliphatic carbocycles. The summed E-state index contributed by atoms with van der Waals surface area (Å²) in [6, 6.07) is 13.5. The van der Waals surface area contributed by atoms with Gasteiger partial charge in [0.15, 0.2) is 0 Å². The van der Waals surface area contributed by atoms with Crippen LogP contribution in [0.1, 0.15) is 12.0 Å². The minimum atomic E-state index is -0.217. The van der Waals surface area contributed by atoms with Crippen molar-refractivity contribution in [2.75, 3.05) is 38.2 Å². The van der Waals surface area contributed by atoms with Gasteiger partial charge in [-0.2, -0.15) is 0 Å². The first-order valence-corrected chi connectivity index (χ1v) is 10.0. The Balaban J connectivity index is 1.25. The van der Waals surface area contributed by atoms with Gasteiger partial charge in [0.25, 0.3) is 0 Å². The Hall–Kier alpha value is -3.09. The molecule has 2 aromatic rings. The van der Waals surface area contributed by atoms with Crippen LogP contribution in [0.15, 0.2) is 48.7 Å². The first-order valence-electron chi connectivity index (χ1n) is 10.0. The highest BCUT2D eigenvalue weighted by molar-refractivity contribution is 5.92. The van der Waals surface area contributed by atoms with E-state index in [0.29, 0.717) is 26.1 Å². The average molecular weight is 394 g/mol. The Bertz CT molecular complexity index is 865. The van der Waals surface area contributed by atoms with Crippen molar-refractivity contribution in [2.24, 2.45) is 11.8 Å². The number of piperazine rings is 1. The third-order valence-corrected chi connectivity index (χ3v) is 5.65. The number of hydrogen-bond acceptors (Lipinski definition) is 5. The number of nitrogens with one attached hydrogen (secondary N) is 1. The summed E-state index contributed by atoms with van der Waals surface area (Å²) < 4.78 is 5.31. The summed E-state index contributed by atoms with van der Waals surface area (Å²) in [5.41, 5.74) is 0.928. The van der Waals surface area contributed by atoms with E-state index in [-0.39, 0.29) is 23.7 Å². The van der Waals surface area contributed by atoms with Crippen molar-refractivity contribution < 1.29 is 14.3 Å². The Morgan fingerprint density at radius 3 is 2.55 bits per heavy atom. The lowest BCUT2D eigenvalue weighted by atomic mass is 10.2. The molecule has 1 saturated heterocycles. The van der Waals surface area contributed by atoms with E-state index in [9.17, 15) is 9.59 Å². The summed E-state index contributed by atoms with van der Waals surface area (Å²) in [4.78, 5) is 33.7. The monoisotopic (exact) mass is 394 g/mol. The van der Waals surface area contributed by atoms with Crippen LogP contribution in [0, 0.1) is 11.8 Å². The molecule has 152 valence electrons. The zero-order chi connectivity index (χ0) is 20.2. The lowest BCUT2D eigenvalue weighted by molar-refractivity contribution is -0.135. The molecule has 7 nitrogen and oxygen atoms in total. The summed E-state index contributed by atoms with van der Waals surface area (Å²) in [6.07, 6.45) is 2.42. The number of rotatable bonds is 6. The van der Waals surface area contributed by atoms with E-state index in [1.54, 1.807) is 13.3 Å². The molecule has 7 heteroatoms. The summed E-state index contributed by atoms with van der Waals surface area (Å²) >= 11 is 0. The molecule has 29 heavy (non-hydrogen) atoms. The summed E-state index contributed by atoms with van der Waals surface area (Å²) in [5, 5.41) is 2.95. The van der Waals surface area contributed by atoms with Crippen molar-refractivity contribution in [2.45, 2.75) is 13.0 Å². The molecule has 2 atom stereocenters. The lowest BCUT2D eigenvalue weighted by Crippen LogP contribution is -2.49. The average Bonchev–Trinajstić information content (AvgIpc) is 3.59. The number of pyridine rings is 1. The molecule has 1 aromatic carbocycles. The molecule has 0 radical (unpaired) electrons. The maximum atomic E-state index is 12.8. The molecule has 2 heterocycles. The van der Waals surface area contributed by atoms with E-state index in [1.807, 2.05) is 47.4 Å². The van der Waals surface area contributed by atoms with Gasteiger partial charge in [-0.3, -0.25) is 9.59 Å². The van der Waals surface area contributed by atoms with E-state index in [4.69, 9.17) is 4.74 Å². The highest BCUT2D eigenvalue weighted by Crippen LogP contribution is 2.40. The maximum absolute atomic E-state index is 12.8. The quantitative estimate of drug-likeness (QED) is 0.807. The highest BCUT2D eigenvalue weighted by atomic mass is 16.5. The molecule has 2 unspecified atom stereocenters. The first kappa shape index (κ1) is 19.2. The largest absolute Gasteiger partial charge is 0.496 e. The number of hydrogen-bond donors (Lipinski definition) is 1. The Morgan fingerprint density at radius 1 is 1.07 bits per heavy atom. The van der Waals surface area contributed by atoms with Crippen LogP contribution in [-0.4, -0.2) is 55.0 Å². The molecule has 0 bridgehead atoms. The van der Waals surface area contributed by atoms with Crippen LogP contribution in [-0.2, 0) is 16.1 Å². The van der Waals surface area contributed by atoms with E-state index >= 15 is 0 Å². The van der Waals surface area contributed by atoms with Crippen LogP contribution < -0.4 is 15.0 Å². The highest BCUT2D eigenvalue weighted by Gasteiger charge is 2.49. The van der Waals surface area contributed by atoms with Crippen molar-refractivity contribution in [1.29, 1.82) is 0 Å². The molecule has 1 aromatic heterocycles. The van der Waals surface area contributed by atoms with Gasteiger partial charge in [0.2, 0.25) is 11.8 Å². The first-order chi connectivity index (χ1) is 14.2. The minimum Gasteiger partial charge on any atom is -0.496 e. The summed E-state index contributed by atoms with van der Waals surface area (Å²) in [7, 11) is 1.61. The Labute approximate surface area is 170 Å². The van der Waals surface area contributed by atoms with E-state index in [0.717, 1.165) is 30.2 Å². The molecule has 0 spiro atoms. The molecular weight excluding hydrogens is 368 g/mol. The van der Waals surface area contributed by atoms with Crippen LogP contribution in [0.25, 0.3) is 0 Å². The minimum absolute atomic E-state index is 0.0543. The number of benzene rings is 1. The number of ether oxygens (including phenoxy) is 1. The van der Waals surface area contributed by atoms with Gasteiger partial charge in [-0.15, -0.1) is 0 Å². The van der Waals surface area contributed by atoms with Gasteiger partial charge in [0, 0.05) is 44.5 Å². The fraction of sp³-hybridized carbons (Fsp3) is 0.409. The second-order valence-electron chi connectivity index (χ2n) is 7.48. The number of anilines is 1. The zero-order valence-electron chi connectivity index (χ0n) is 16.6. The molecule has 1 aliphatic heterocycles. The Morgan fingerprint density at radius 2 is 1.83 bits per heavy atom. The fourth-order valence-corrected chi connectivity index (χ4v) is 3.85. The van der Waals surface area contributed by atoms with Crippen LogP contribution >= 0.6 is 0 Å². The zero-order valence-corrected chi connectivity index (χ0v) is 16.6. The van der Waals surface area contributed by atoms with Crippen LogP contribution in [0.3, 0.4) is 0 Å². The topological polar surface area (TPSA) is 74.8 Å². The van der Waals surface area contributed by atoms with Crippen molar-refractivity contribution in [1.82, 2.24) is 15.2 Å². The number of carbonyl (C=O) groups excluding carboxylic acids is 2. The number of amides is 2. The van der Waals surface area contributed by atoms with Crippen molar-refractivity contribution in [3.8, 4) is 5.75 Å². The molecule has 2 amide bonds. The molecule has 1 saturated carbocycles. The summed E-state index contributed by atoms with van der Waals surface area (Å²) in [5.74, 6) is 1.34. The van der Waals surface area contributed by atoms with E-state index in [2.05, 4.69) is 15.2 Å². The molecule has 4 rings (SSSR count). The predicted molar refractivity (Wildman–Crippen MR) is 109 cm³/mol. The Kier molecular flexibility index (Phi) is 5.64. The SMILES string of the molecule is COc1ccccc1CNC(=O)C1CC1C(=O)N1CCN(c2ccccn2)CC1. The van der Waals surface area contributed by atoms with E-state index < -0.39 is 0 Å².